The Balaban J connectivity index is 1.61. The number of allylic oxidation sites excluding steroid dienone is 1. The average molecular weight is 470 g/mol. The third kappa shape index (κ3) is 3.87. The summed E-state index contributed by atoms with van der Waals surface area (Å²) in [6.45, 7) is 7.57. The lowest BCUT2D eigenvalue weighted by Crippen LogP contribution is -2.45. The Hall–Kier alpha value is -2.87. The summed E-state index contributed by atoms with van der Waals surface area (Å²) in [6, 6.07) is 1.64. The SMILES string of the molecule is COc1c(N2C[C@@H]3CCCN(CC=C(C)C)[C@@H]3C2)c(F)cc2c(=O)c(C(=O)O)cn(C3CC3)c12. The summed E-state index contributed by atoms with van der Waals surface area (Å²) in [5.41, 5.74) is 1.15. The summed E-state index contributed by atoms with van der Waals surface area (Å²) in [5.74, 6) is -1.07. The fourth-order valence-corrected chi connectivity index (χ4v) is 5.71. The molecule has 2 atom stereocenters. The van der Waals surface area contributed by atoms with Crippen molar-refractivity contribution in [3.63, 3.8) is 0 Å². The monoisotopic (exact) mass is 469 g/mol. The van der Waals surface area contributed by atoms with Crippen molar-refractivity contribution in [3.05, 3.63) is 45.5 Å². The second-order valence-electron chi connectivity index (χ2n) is 10.1. The number of benzene rings is 1. The quantitative estimate of drug-likeness (QED) is 0.644. The molecule has 1 aromatic carbocycles. The molecule has 34 heavy (non-hydrogen) atoms. The maximum Gasteiger partial charge on any atom is 0.341 e. The summed E-state index contributed by atoms with van der Waals surface area (Å²) in [6.07, 6.45) is 7.66. The van der Waals surface area contributed by atoms with Crippen LogP contribution in [-0.4, -0.2) is 59.9 Å². The van der Waals surface area contributed by atoms with E-state index in [4.69, 9.17) is 4.74 Å². The molecule has 3 fully saturated rings. The highest BCUT2D eigenvalue weighted by molar-refractivity contribution is 5.97. The van der Waals surface area contributed by atoms with E-state index >= 15 is 4.39 Å². The normalized spacial score (nSPS) is 22.6. The maximum atomic E-state index is 15.7. The average Bonchev–Trinajstić information content (AvgIpc) is 3.55. The molecule has 8 heteroatoms. The summed E-state index contributed by atoms with van der Waals surface area (Å²) in [5, 5.41) is 9.60. The van der Waals surface area contributed by atoms with Crippen LogP contribution in [0.25, 0.3) is 10.9 Å². The summed E-state index contributed by atoms with van der Waals surface area (Å²) >= 11 is 0. The highest BCUT2D eigenvalue weighted by Crippen LogP contribution is 2.45. The van der Waals surface area contributed by atoms with Crippen molar-refractivity contribution in [2.75, 3.05) is 38.2 Å². The Labute approximate surface area is 198 Å². The Bertz CT molecular complexity index is 1230. The molecule has 3 aliphatic rings. The van der Waals surface area contributed by atoms with E-state index in [9.17, 15) is 14.7 Å². The van der Waals surface area contributed by atoms with Crippen LogP contribution < -0.4 is 15.1 Å². The number of aromatic nitrogens is 1. The van der Waals surface area contributed by atoms with E-state index < -0.39 is 17.2 Å². The van der Waals surface area contributed by atoms with Crippen LogP contribution in [0.3, 0.4) is 0 Å². The van der Waals surface area contributed by atoms with Gasteiger partial charge in [0.25, 0.3) is 0 Å². The van der Waals surface area contributed by atoms with E-state index in [1.807, 2.05) is 4.57 Å². The van der Waals surface area contributed by atoms with Gasteiger partial charge in [-0.2, -0.15) is 0 Å². The number of aromatic carboxylic acids is 1. The number of carboxylic acid groups (broad SMARTS) is 1. The van der Waals surface area contributed by atoms with Crippen molar-refractivity contribution in [3.8, 4) is 5.75 Å². The molecule has 3 heterocycles. The Morgan fingerprint density at radius 1 is 1.26 bits per heavy atom. The number of likely N-dealkylation sites (tertiary alicyclic amines) is 1. The van der Waals surface area contributed by atoms with Gasteiger partial charge in [0.15, 0.2) is 11.6 Å². The van der Waals surface area contributed by atoms with Crippen molar-refractivity contribution >= 4 is 22.6 Å². The molecule has 7 nitrogen and oxygen atoms in total. The van der Waals surface area contributed by atoms with Gasteiger partial charge in [-0.15, -0.1) is 0 Å². The molecular weight excluding hydrogens is 437 g/mol. The largest absolute Gasteiger partial charge is 0.492 e. The van der Waals surface area contributed by atoms with Crippen LogP contribution in [0.5, 0.6) is 5.75 Å². The molecule has 0 bridgehead atoms. The van der Waals surface area contributed by atoms with Crippen molar-refractivity contribution < 1.29 is 19.0 Å². The van der Waals surface area contributed by atoms with E-state index in [1.165, 1.54) is 24.9 Å². The maximum absolute atomic E-state index is 15.7. The molecule has 0 radical (unpaired) electrons. The Morgan fingerprint density at radius 2 is 2.03 bits per heavy atom. The molecule has 2 saturated heterocycles. The van der Waals surface area contributed by atoms with Crippen molar-refractivity contribution in [2.45, 2.75) is 51.6 Å². The Kier molecular flexibility index (Phi) is 5.88. The zero-order valence-corrected chi connectivity index (χ0v) is 20.0. The fraction of sp³-hybridized carbons (Fsp3) is 0.538. The molecule has 1 aliphatic carbocycles. The molecule has 1 N–H and O–H groups in total. The van der Waals surface area contributed by atoms with Gasteiger partial charge in [0.1, 0.15) is 11.3 Å². The number of rotatable bonds is 6. The van der Waals surface area contributed by atoms with Crippen LogP contribution in [-0.2, 0) is 0 Å². The Morgan fingerprint density at radius 3 is 2.68 bits per heavy atom. The van der Waals surface area contributed by atoms with Gasteiger partial charge in [-0.3, -0.25) is 9.69 Å². The van der Waals surface area contributed by atoms with Crippen LogP contribution in [0.4, 0.5) is 10.1 Å². The standard InChI is InChI=1S/C26H32FN3O4/c1-15(2)8-10-28-9-4-5-16-12-29(14-21(16)28)23-20(27)11-18-22(25(23)34-3)30(17-6-7-17)13-19(24(18)31)26(32)33/h8,11,13,16-17,21H,4-7,9-10,12,14H2,1-3H3,(H,32,33)/t16-,21+/m0/s1. The van der Waals surface area contributed by atoms with Crippen molar-refractivity contribution in [1.29, 1.82) is 0 Å². The number of fused-ring (bicyclic) bond motifs is 2. The number of piperidine rings is 1. The van der Waals surface area contributed by atoms with Gasteiger partial charge in [-0.1, -0.05) is 11.6 Å². The fourth-order valence-electron chi connectivity index (χ4n) is 5.71. The first-order chi connectivity index (χ1) is 16.3. The van der Waals surface area contributed by atoms with Crippen LogP contribution in [0, 0.1) is 11.7 Å². The number of carboxylic acids is 1. The lowest BCUT2D eigenvalue weighted by molar-refractivity contribution is 0.0695. The molecule has 182 valence electrons. The predicted molar refractivity (Wildman–Crippen MR) is 130 cm³/mol. The highest BCUT2D eigenvalue weighted by Gasteiger charge is 2.41. The first-order valence-corrected chi connectivity index (χ1v) is 12.1. The van der Waals surface area contributed by atoms with Gasteiger partial charge in [0, 0.05) is 37.9 Å². The molecule has 0 spiro atoms. The second kappa shape index (κ2) is 8.73. The number of hydrogen-bond acceptors (Lipinski definition) is 5. The molecule has 1 saturated carbocycles. The van der Waals surface area contributed by atoms with E-state index in [0.29, 0.717) is 35.5 Å². The van der Waals surface area contributed by atoms with Gasteiger partial charge < -0.3 is 19.3 Å². The first kappa shape index (κ1) is 22.9. The van der Waals surface area contributed by atoms with Crippen LogP contribution in [0.15, 0.2) is 28.7 Å². The topological polar surface area (TPSA) is 75.0 Å². The van der Waals surface area contributed by atoms with E-state index in [1.54, 1.807) is 0 Å². The minimum absolute atomic E-state index is 0.0618. The number of methoxy groups -OCH3 is 1. The van der Waals surface area contributed by atoms with Gasteiger partial charge in [0.2, 0.25) is 5.43 Å². The lowest BCUT2D eigenvalue weighted by atomic mass is 9.92. The van der Waals surface area contributed by atoms with Crippen LogP contribution >= 0.6 is 0 Å². The number of carbonyl (C=O) groups is 1. The zero-order chi connectivity index (χ0) is 24.1. The summed E-state index contributed by atoms with van der Waals surface area (Å²) in [7, 11) is 1.49. The minimum atomic E-state index is -1.30. The lowest BCUT2D eigenvalue weighted by Gasteiger charge is -2.36. The third-order valence-corrected chi connectivity index (χ3v) is 7.52. The zero-order valence-electron chi connectivity index (χ0n) is 20.0. The molecule has 1 aromatic heterocycles. The number of anilines is 1. The van der Waals surface area contributed by atoms with Gasteiger partial charge >= 0.3 is 5.97 Å². The smallest absolute Gasteiger partial charge is 0.341 e. The number of nitrogens with zero attached hydrogens (tertiary/aromatic N) is 3. The van der Waals surface area contributed by atoms with Crippen LogP contribution in [0.2, 0.25) is 0 Å². The van der Waals surface area contributed by atoms with E-state index in [2.05, 4.69) is 29.7 Å². The van der Waals surface area contributed by atoms with Gasteiger partial charge in [-0.25, -0.2) is 9.18 Å². The minimum Gasteiger partial charge on any atom is -0.492 e. The molecule has 2 aromatic rings. The third-order valence-electron chi connectivity index (χ3n) is 7.52. The summed E-state index contributed by atoms with van der Waals surface area (Å²) in [4.78, 5) is 29.2. The predicted octanol–water partition coefficient (Wildman–Crippen LogP) is 4.05. The van der Waals surface area contributed by atoms with Crippen LogP contribution in [0.1, 0.15) is 55.9 Å². The molecule has 5 rings (SSSR count). The number of ether oxygens (including phenoxy) is 1. The second-order valence-corrected chi connectivity index (χ2v) is 10.1. The summed E-state index contributed by atoms with van der Waals surface area (Å²) < 4.78 is 23.3. The van der Waals surface area contributed by atoms with E-state index in [-0.39, 0.29) is 17.0 Å². The number of halogens is 1. The van der Waals surface area contributed by atoms with E-state index in [0.717, 1.165) is 45.3 Å². The first-order valence-electron chi connectivity index (χ1n) is 12.1. The van der Waals surface area contributed by atoms with Gasteiger partial charge in [0.05, 0.1) is 18.0 Å². The van der Waals surface area contributed by atoms with Gasteiger partial charge in [-0.05, 0) is 58.1 Å². The van der Waals surface area contributed by atoms with Crippen molar-refractivity contribution in [2.24, 2.45) is 5.92 Å². The molecule has 0 amide bonds. The molecule has 0 unspecified atom stereocenters. The number of hydrogen-bond donors (Lipinski definition) is 1. The highest BCUT2D eigenvalue weighted by atomic mass is 19.1. The van der Waals surface area contributed by atoms with Crippen molar-refractivity contribution in [1.82, 2.24) is 9.47 Å². The number of pyridine rings is 1. The molecular formula is C26H32FN3O4. The molecule has 2 aliphatic heterocycles.